The highest BCUT2D eigenvalue weighted by Gasteiger charge is 2.25. The second-order valence-electron chi connectivity index (χ2n) is 3.55. The van der Waals surface area contributed by atoms with Gasteiger partial charge in [-0.3, -0.25) is 10.1 Å². The van der Waals surface area contributed by atoms with E-state index >= 15 is 0 Å². The Bertz CT molecular complexity index is 394. The van der Waals surface area contributed by atoms with Gasteiger partial charge in [-0.1, -0.05) is 18.7 Å². The van der Waals surface area contributed by atoms with Crippen LogP contribution in [0.15, 0.2) is 24.8 Å². The van der Waals surface area contributed by atoms with Gasteiger partial charge in [-0.25, -0.2) is 0 Å². The van der Waals surface area contributed by atoms with Crippen LogP contribution in [-0.4, -0.2) is 4.92 Å². The average Bonchev–Trinajstić information content (AvgIpc) is 3.00. The smallest absolute Gasteiger partial charge is 0.258 e. The van der Waals surface area contributed by atoms with Crippen molar-refractivity contribution in [3.05, 3.63) is 46.0 Å². The van der Waals surface area contributed by atoms with Gasteiger partial charge in [-0.05, 0) is 30.4 Å². The highest BCUT2D eigenvalue weighted by molar-refractivity contribution is 5.61. The first-order valence-electron chi connectivity index (χ1n) is 4.63. The number of nitro groups is 1. The zero-order chi connectivity index (χ0) is 10.1. The molecule has 0 heterocycles. The molecule has 0 N–H and O–H groups in total. The van der Waals surface area contributed by atoms with E-state index in [9.17, 15) is 10.1 Å². The van der Waals surface area contributed by atoms with Gasteiger partial charge < -0.3 is 0 Å². The Morgan fingerprint density at radius 1 is 1.50 bits per heavy atom. The van der Waals surface area contributed by atoms with Crippen LogP contribution >= 0.6 is 0 Å². The SMILES string of the molecule is C=Cc1cc(C2CC2)ccc1[N+](=O)[O-]. The fourth-order valence-electron chi connectivity index (χ4n) is 1.57. The maximum Gasteiger partial charge on any atom is 0.276 e. The number of hydrogen-bond acceptors (Lipinski definition) is 2. The lowest BCUT2D eigenvalue weighted by atomic mass is 10.1. The molecule has 1 saturated carbocycles. The molecule has 3 heteroatoms. The Morgan fingerprint density at radius 2 is 2.21 bits per heavy atom. The van der Waals surface area contributed by atoms with E-state index in [1.54, 1.807) is 12.1 Å². The van der Waals surface area contributed by atoms with Gasteiger partial charge in [0.15, 0.2) is 0 Å². The van der Waals surface area contributed by atoms with E-state index in [1.165, 1.54) is 18.4 Å². The first-order chi connectivity index (χ1) is 6.72. The Kier molecular flexibility index (Phi) is 2.08. The minimum absolute atomic E-state index is 0.143. The highest BCUT2D eigenvalue weighted by atomic mass is 16.6. The van der Waals surface area contributed by atoms with Gasteiger partial charge in [0, 0.05) is 6.07 Å². The molecule has 0 amide bonds. The van der Waals surface area contributed by atoms with Gasteiger partial charge in [0.1, 0.15) is 0 Å². The topological polar surface area (TPSA) is 43.1 Å². The standard InChI is InChI=1S/C11H11NO2/c1-2-8-7-10(9-3-4-9)5-6-11(8)12(13)14/h2,5-7,9H,1,3-4H2. The van der Waals surface area contributed by atoms with E-state index in [2.05, 4.69) is 6.58 Å². The van der Waals surface area contributed by atoms with Crippen molar-refractivity contribution in [2.75, 3.05) is 0 Å². The molecule has 0 bridgehead atoms. The highest BCUT2D eigenvalue weighted by Crippen LogP contribution is 2.41. The Hall–Kier alpha value is -1.64. The van der Waals surface area contributed by atoms with Crippen LogP contribution in [-0.2, 0) is 0 Å². The van der Waals surface area contributed by atoms with Crippen molar-refractivity contribution in [2.24, 2.45) is 0 Å². The van der Waals surface area contributed by atoms with Gasteiger partial charge >= 0.3 is 0 Å². The summed E-state index contributed by atoms with van der Waals surface area (Å²) in [5.41, 5.74) is 1.97. The van der Waals surface area contributed by atoms with Crippen molar-refractivity contribution >= 4 is 11.8 Å². The fourth-order valence-corrected chi connectivity index (χ4v) is 1.57. The van der Waals surface area contributed by atoms with Crippen LogP contribution in [0.5, 0.6) is 0 Å². The van der Waals surface area contributed by atoms with Crippen LogP contribution < -0.4 is 0 Å². The average molecular weight is 189 g/mol. The summed E-state index contributed by atoms with van der Waals surface area (Å²) >= 11 is 0. The fraction of sp³-hybridized carbons (Fsp3) is 0.273. The third-order valence-corrected chi connectivity index (χ3v) is 2.52. The van der Waals surface area contributed by atoms with E-state index in [1.807, 2.05) is 12.1 Å². The van der Waals surface area contributed by atoms with Crippen LogP contribution in [0.4, 0.5) is 5.69 Å². The number of nitro benzene ring substituents is 1. The zero-order valence-corrected chi connectivity index (χ0v) is 7.77. The number of nitrogens with zero attached hydrogens (tertiary/aromatic N) is 1. The summed E-state index contributed by atoms with van der Waals surface area (Å²) < 4.78 is 0. The second-order valence-corrected chi connectivity index (χ2v) is 3.55. The van der Waals surface area contributed by atoms with Crippen LogP contribution in [0.1, 0.15) is 29.9 Å². The molecule has 1 fully saturated rings. The normalized spacial score (nSPS) is 15.1. The van der Waals surface area contributed by atoms with Gasteiger partial charge in [0.2, 0.25) is 0 Å². The Balaban J connectivity index is 2.43. The van der Waals surface area contributed by atoms with Gasteiger partial charge in [-0.2, -0.15) is 0 Å². The minimum Gasteiger partial charge on any atom is -0.258 e. The van der Waals surface area contributed by atoms with Crippen molar-refractivity contribution in [3.8, 4) is 0 Å². The van der Waals surface area contributed by atoms with Gasteiger partial charge in [0.05, 0.1) is 10.5 Å². The molecule has 1 aliphatic rings. The van der Waals surface area contributed by atoms with Crippen molar-refractivity contribution in [1.82, 2.24) is 0 Å². The molecule has 0 atom stereocenters. The molecule has 3 nitrogen and oxygen atoms in total. The lowest BCUT2D eigenvalue weighted by Crippen LogP contribution is -1.92. The predicted octanol–water partition coefficient (Wildman–Crippen LogP) is 3.12. The molecule has 0 aromatic heterocycles. The zero-order valence-electron chi connectivity index (χ0n) is 7.77. The van der Waals surface area contributed by atoms with Crippen molar-refractivity contribution in [1.29, 1.82) is 0 Å². The largest absolute Gasteiger partial charge is 0.276 e. The minimum atomic E-state index is -0.367. The molecule has 1 aliphatic carbocycles. The summed E-state index contributed by atoms with van der Waals surface area (Å²) in [6.07, 6.45) is 3.95. The van der Waals surface area contributed by atoms with Gasteiger partial charge in [-0.15, -0.1) is 0 Å². The summed E-state index contributed by atoms with van der Waals surface area (Å²) in [6, 6.07) is 5.30. The van der Waals surface area contributed by atoms with E-state index < -0.39 is 0 Å². The molecule has 14 heavy (non-hydrogen) atoms. The molecule has 1 aromatic carbocycles. The molecule has 2 rings (SSSR count). The summed E-state index contributed by atoms with van der Waals surface area (Å²) in [7, 11) is 0. The maximum atomic E-state index is 10.6. The molecule has 0 aliphatic heterocycles. The van der Waals surface area contributed by atoms with Crippen molar-refractivity contribution in [3.63, 3.8) is 0 Å². The van der Waals surface area contributed by atoms with E-state index in [0.717, 1.165) is 0 Å². The van der Waals surface area contributed by atoms with E-state index in [0.29, 0.717) is 11.5 Å². The summed E-state index contributed by atoms with van der Waals surface area (Å²) in [5.74, 6) is 0.620. The second kappa shape index (κ2) is 3.25. The first kappa shape index (κ1) is 8.94. The van der Waals surface area contributed by atoms with Crippen LogP contribution in [0.3, 0.4) is 0 Å². The van der Waals surface area contributed by atoms with E-state index in [4.69, 9.17) is 0 Å². The summed E-state index contributed by atoms with van der Waals surface area (Å²) in [4.78, 5) is 10.3. The Morgan fingerprint density at radius 3 is 2.71 bits per heavy atom. The van der Waals surface area contributed by atoms with Crippen LogP contribution in [0.2, 0.25) is 0 Å². The lowest BCUT2D eigenvalue weighted by molar-refractivity contribution is -0.385. The number of rotatable bonds is 3. The molecule has 1 aromatic rings. The maximum absolute atomic E-state index is 10.6. The predicted molar refractivity (Wildman–Crippen MR) is 55.2 cm³/mol. The number of benzene rings is 1. The quantitative estimate of drug-likeness (QED) is 0.541. The molecular weight excluding hydrogens is 178 g/mol. The molecular formula is C11H11NO2. The van der Waals surface area contributed by atoms with Crippen molar-refractivity contribution in [2.45, 2.75) is 18.8 Å². The lowest BCUT2D eigenvalue weighted by Gasteiger charge is -2.01. The molecule has 72 valence electrons. The molecule has 0 spiro atoms. The molecule has 0 unspecified atom stereocenters. The van der Waals surface area contributed by atoms with Crippen molar-refractivity contribution < 1.29 is 4.92 Å². The third-order valence-electron chi connectivity index (χ3n) is 2.52. The van der Waals surface area contributed by atoms with E-state index in [-0.39, 0.29) is 10.6 Å². The molecule has 0 saturated heterocycles. The number of hydrogen-bond donors (Lipinski definition) is 0. The molecule has 0 radical (unpaired) electrons. The Labute approximate surface area is 82.2 Å². The van der Waals surface area contributed by atoms with Crippen LogP contribution in [0, 0.1) is 10.1 Å². The summed E-state index contributed by atoms with van der Waals surface area (Å²) in [6.45, 7) is 3.59. The first-order valence-corrected chi connectivity index (χ1v) is 4.63. The third kappa shape index (κ3) is 1.53. The van der Waals surface area contributed by atoms with Crippen LogP contribution in [0.25, 0.3) is 6.08 Å². The monoisotopic (exact) mass is 189 g/mol. The van der Waals surface area contributed by atoms with Gasteiger partial charge in [0.25, 0.3) is 5.69 Å². The summed E-state index contributed by atoms with van der Waals surface area (Å²) in [5, 5.41) is 10.6.